The highest BCUT2D eigenvalue weighted by Crippen LogP contribution is 2.66. The molecule has 3 aromatic carbocycles. The van der Waals surface area contributed by atoms with Crippen LogP contribution >= 0.6 is 11.6 Å². The predicted molar refractivity (Wildman–Crippen MR) is 132 cm³/mol. The average molecular weight is 484 g/mol. The van der Waals surface area contributed by atoms with E-state index in [2.05, 4.69) is 15.5 Å². The highest BCUT2D eigenvalue weighted by Gasteiger charge is 2.78. The van der Waals surface area contributed by atoms with Gasteiger partial charge in [-0.2, -0.15) is 0 Å². The lowest BCUT2D eigenvalue weighted by atomic mass is 9.60. The van der Waals surface area contributed by atoms with Crippen molar-refractivity contribution in [3.63, 3.8) is 0 Å². The second kappa shape index (κ2) is 7.03. The first-order chi connectivity index (χ1) is 17.0. The minimum absolute atomic E-state index is 0.211. The molecule has 2 saturated heterocycles. The highest BCUT2D eigenvalue weighted by molar-refractivity contribution is 6.30. The summed E-state index contributed by atoms with van der Waals surface area (Å²) in [5.74, 6) is -1.63. The number of fused-ring (bicyclic) bond motifs is 7. The third-order valence-electron chi connectivity index (χ3n) is 8.42. The molecule has 6 nitrogen and oxygen atoms in total. The Morgan fingerprint density at radius 2 is 1.49 bits per heavy atom. The van der Waals surface area contributed by atoms with Crippen LogP contribution < -0.4 is 10.6 Å². The van der Waals surface area contributed by atoms with E-state index in [0.29, 0.717) is 28.5 Å². The molecule has 2 amide bonds. The van der Waals surface area contributed by atoms with Gasteiger partial charge in [0.05, 0.1) is 5.92 Å². The van der Waals surface area contributed by atoms with Gasteiger partial charge in [-0.15, -0.1) is 0 Å². The predicted octanol–water partition coefficient (Wildman–Crippen LogP) is 4.35. The van der Waals surface area contributed by atoms with Gasteiger partial charge in [0.1, 0.15) is 11.0 Å². The van der Waals surface area contributed by atoms with Gasteiger partial charge in [0.2, 0.25) is 11.8 Å². The summed E-state index contributed by atoms with van der Waals surface area (Å²) in [6.45, 7) is 0.633. The Morgan fingerprint density at radius 3 is 2.23 bits per heavy atom. The summed E-state index contributed by atoms with van der Waals surface area (Å²) < 4.78 is 0. The Kier molecular flexibility index (Phi) is 4.19. The van der Waals surface area contributed by atoms with Crippen LogP contribution in [-0.4, -0.2) is 35.1 Å². The van der Waals surface area contributed by atoms with Crippen LogP contribution in [0.2, 0.25) is 5.02 Å². The van der Waals surface area contributed by atoms with E-state index >= 15 is 0 Å². The zero-order chi connectivity index (χ0) is 23.9. The Hall–Kier alpha value is -3.48. The fraction of sp³-hybridized carbons (Fsp3) is 0.250. The van der Waals surface area contributed by atoms with Crippen LogP contribution in [0.4, 0.5) is 11.4 Å². The topological polar surface area (TPSA) is 78.5 Å². The Balaban J connectivity index is 1.58. The summed E-state index contributed by atoms with van der Waals surface area (Å²) in [7, 11) is 0. The summed E-state index contributed by atoms with van der Waals surface area (Å²) in [6, 6.07) is 21.6. The molecule has 7 heteroatoms. The van der Waals surface area contributed by atoms with E-state index in [1.54, 1.807) is 24.3 Å². The van der Waals surface area contributed by atoms with Crippen LogP contribution in [0.3, 0.4) is 0 Å². The lowest BCUT2D eigenvalue weighted by Gasteiger charge is -2.38. The molecule has 7 rings (SSSR count). The van der Waals surface area contributed by atoms with Crippen molar-refractivity contribution in [2.75, 3.05) is 17.2 Å². The molecule has 0 unspecified atom stereocenters. The molecule has 2 spiro atoms. The van der Waals surface area contributed by atoms with E-state index < -0.39 is 16.9 Å². The molecule has 3 aromatic rings. The summed E-state index contributed by atoms with van der Waals surface area (Å²) >= 11 is 6.13. The van der Waals surface area contributed by atoms with Gasteiger partial charge < -0.3 is 10.6 Å². The molecule has 4 aliphatic heterocycles. The standard InChI is InChI=1S/C28H22ClN3O3/c29-17-13-11-16(12-14-17)23(33)24-27(18-6-1-3-8-20(18)30-25(27)34)22-10-5-15-32(22)28(24)19-7-2-4-9-21(19)31-26(28)35/h1-4,6-9,11-14,22,24H,5,10,15H2,(H,30,34)(H,31,35)/t22-,24-,27+,28+/m0/s1. The van der Waals surface area contributed by atoms with Gasteiger partial charge in [-0.25, -0.2) is 0 Å². The first kappa shape index (κ1) is 20.9. The van der Waals surface area contributed by atoms with Crippen molar-refractivity contribution in [2.24, 2.45) is 5.92 Å². The third-order valence-corrected chi connectivity index (χ3v) is 8.68. The van der Waals surface area contributed by atoms with Crippen LogP contribution in [0.25, 0.3) is 0 Å². The van der Waals surface area contributed by atoms with Crippen LogP contribution in [0, 0.1) is 5.92 Å². The van der Waals surface area contributed by atoms with Crippen molar-refractivity contribution in [3.8, 4) is 0 Å². The Morgan fingerprint density at radius 1 is 0.857 bits per heavy atom. The number of nitrogens with zero attached hydrogens (tertiary/aromatic N) is 1. The molecular weight excluding hydrogens is 462 g/mol. The fourth-order valence-corrected chi connectivity index (χ4v) is 7.41. The molecule has 0 radical (unpaired) electrons. The molecule has 2 N–H and O–H groups in total. The summed E-state index contributed by atoms with van der Waals surface area (Å²) in [6.07, 6.45) is 1.57. The lowest BCUT2D eigenvalue weighted by molar-refractivity contribution is -0.128. The quantitative estimate of drug-likeness (QED) is 0.531. The molecule has 35 heavy (non-hydrogen) atoms. The minimum atomic E-state index is -1.29. The number of hydrogen-bond acceptors (Lipinski definition) is 4. The van der Waals surface area contributed by atoms with Crippen molar-refractivity contribution in [2.45, 2.75) is 29.8 Å². The first-order valence-corrected chi connectivity index (χ1v) is 12.3. The molecule has 174 valence electrons. The highest BCUT2D eigenvalue weighted by atomic mass is 35.5. The number of halogens is 1. The number of carbonyl (C=O) groups is 3. The number of anilines is 2. The zero-order valence-electron chi connectivity index (χ0n) is 18.8. The second-order valence-corrected chi connectivity index (χ2v) is 10.2. The molecule has 2 fully saturated rings. The average Bonchev–Trinajstić information content (AvgIpc) is 3.58. The van der Waals surface area contributed by atoms with Gasteiger partial charge in [0.15, 0.2) is 5.78 Å². The van der Waals surface area contributed by atoms with Crippen molar-refractivity contribution in [1.82, 2.24) is 4.90 Å². The number of Topliss-reactive ketones (excluding diaryl/α,β-unsaturated/α-hetero) is 1. The van der Waals surface area contributed by atoms with Crippen molar-refractivity contribution in [3.05, 3.63) is 94.5 Å². The van der Waals surface area contributed by atoms with E-state index in [-0.39, 0.29) is 23.6 Å². The third kappa shape index (κ3) is 2.36. The van der Waals surface area contributed by atoms with Crippen LogP contribution in [0.15, 0.2) is 72.8 Å². The minimum Gasteiger partial charge on any atom is -0.325 e. The van der Waals surface area contributed by atoms with Crippen molar-refractivity contribution >= 4 is 40.6 Å². The SMILES string of the molecule is O=C(c1ccc(Cl)cc1)[C@H]1[C@]2(C(=O)Nc3ccccc32)[C@@H]2CCCN2[C@@]12C(=O)Nc1ccccc12. The van der Waals surface area contributed by atoms with Gasteiger partial charge in [0.25, 0.3) is 0 Å². The molecule has 0 aliphatic carbocycles. The van der Waals surface area contributed by atoms with E-state index in [0.717, 1.165) is 24.0 Å². The van der Waals surface area contributed by atoms with Gasteiger partial charge in [0, 0.05) is 33.6 Å². The Bertz CT molecular complexity index is 1360. The van der Waals surface area contributed by atoms with Crippen molar-refractivity contribution < 1.29 is 14.4 Å². The molecule has 4 heterocycles. The number of benzene rings is 3. The van der Waals surface area contributed by atoms with Crippen LogP contribution in [0.5, 0.6) is 0 Å². The van der Waals surface area contributed by atoms with E-state index in [1.807, 2.05) is 48.5 Å². The van der Waals surface area contributed by atoms with Gasteiger partial charge >= 0.3 is 0 Å². The van der Waals surface area contributed by atoms with Gasteiger partial charge in [-0.05, 0) is 61.3 Å². The number of rotatable bonds is 2. The van der Waals surface area contributed by atoms with Crippen LogP contribution in [-0.2, 0) is 20.5 Å². The maximum absolute atomic E-state index is 14.6. The van der Waals surface area contributed by atoms with E-state index in [4.69, 9.17) is 11.6 Å². The monoisotopic (exact) mass is 483 g/mol. The fourth-order valence-electron chi connectivity index (χ4n) is 7.28. The molecule has 0 bridgehead atoms. The maximum Gasteiger partial charge on any atom is 0.250 e. The van der Waals surface area contributed by atoms with Crippen molar-refractivity contribution in [1.29, 1.82) is 0 Å². The molecule has 4 aliphatic rings. The van der Waals surface area contributed by atoms with Crippen LogP contribution in [0.1, 0.15) is 34.3 Å². The summed E-state index contributed by atoms with van der Waals surface area (Å²) in [5, 5.41) is 6.63. The number of ketones is 1. The van der Waals surface area contributed by atoms with E-state index in [1.165, 1.54) is 0 Å². The molecular formula is C28H22ClN3O3. The zero-order valence-corrected chi connectivity index (χ0v) is 19.5. The van der Waals surface area contributed by atoms with Gasteiger partial charge in [-0.3, -0.25) is 19.3 Å². The Labute approximate surface area is 207 Å². The second-order valence-electron chi connectivity index (χ2n) is 9.79. The normalized spacial score (nSPS) is 30.3. The van der Waals surface area contributed by atoms with E-state index in [9.17, 15) is 14.4 Å². The molecule has 4 atom stereocenters. The lowest BCUT2D eigenvalue weighted by Crippen LogP contribution is -2.55. The summed E-state index contributed by atoms with van der Waals surface area (Å²) in [5.41, 5.74) is 0.917. The number of amides is 2. The maximum atomic E-state index is 14.6. The summed E-state index contributed by atoms with van der Waals surface area (Å²) in [4.78, 5) is 45.0. The van der Waals surface area contributed by atoms with Gasteiger partial charge in [-0.1, -0.05) is 48.0 Å². The number of hydrogen-bond donors (Lipinski definition) is 2. The molecule has 0 aromatic heterocycles. The largest absolute Gasteiger partial charge is 0.325 e. The smallest absolute Gasteiger partial charge is 0.250 e. The number of para-hydroxylation sites is 2. The number of nitrogens with one attached hydrogen (secondary N) is 2. The first-order valence-electron chi connectivity index (χ1n) is 11.9. The number of carbonyl (C=O) groups excluding carboxylic acids is 3. The molecule has 0 saturated carbocycles.